The van der Waals surface area contributed by atoms with Gasteiger partial charge < -0.3 is 14.3 Å². The molecule has 0 fully saturated rings. The van der Waals surface area contributed by atoms with Crippen LogP contribution < -0.4 is 5.32 Å². The standard InChI is InChI=1S/C17H18N2O3/c1-10-11-7-5-6-8-12(11)21-15(10)16(20)18-14-9-13(22-19-14)17(2,3)4/h5-9H,1-4H3,(H,18,19,20). The second-order valence-electron chi connectivity index (χ2n) is 6.33. The van der Waals surface area contributed by atoms with Gasteiger partial charge >= 0.3 is 0 Å². The molecule has 0 saturated carbocycles. The van der Waals surface area contributed by atoms with Crippen LogP contribution in [0.1, 0.15) is 42.6 Å². The third kappa shape index (κ3) is 2.50. The lowest BCUT2D eigenvalue weighted by atomic mass is 9.93. The van der Waals surface area contributed by atoms with Gasteiger partial charge in [-0.1, -0.05) is 44.1 Å². The molecule has 0 radical (unpaired) electrons. The molecule has 0 bridgehead atoms. The van der Waals surface area contributed by atoms with E-state index in [1.165, 1.54) is 0 Å². The highest BCUT2D eigenvalue weighted by atomic mass is 16.5. The second-order valence-corrected chi connectivity index (χ2v) is 6.33. The molecule has 2 heterocycles. The number of hydrogen-bond donors (Lipinski definition) is 1. The Balaban J connectivity index is 1.87. The lowest BCUT2D eigenvalue weighted by molar-refractivity contribution is 0.0997. The molecule has 1 aromatic carbocycles. The first kappa shape index (κ1) is 14.4. The summed E-state index contributed by atoms with van der Waals surface area (Å²) in [5, 5.41) is 7.53. The topological polar surface area (TPSA) is 68.3 Å². The highest BCUT2D eigenvalue weighted by molar-refractivity contribution is 6.06. The molecular weight excluding hydrogens is 280 g/mol. The van der Waals surface area contributed by atoms with E-state index in [1.807, 2.05) is 52.0 Å². The first-order valence-corrected chi connectivity index (χ1v) is 7.13. The molecule has 0 aliphatic carbocycles. The van der Waals surface area contributed by atoms with Crippen LogP contribution in [0.25, 0.3) is 11.0 Å². The van der Waals surface area contributed by atoms with Crippen molar-refractivity contribution in [3.8, 4) is 0 Å². The van der Waals surface area contributed by atoms with Crippen molar-refractivity contribution in [3.05, 3.63) is 47.4 Å². The van der Waals surface area contributed by atoms with Gasteiger partial charge in [0.25, 0.3) is 5.91 Å². The highest BCUT2D eigenvalue weighted by Gasteiger charge is 2.22. The largest absolute Gasteiger partial charge is 0.451 e. The maximum atomic E-state index is 12.4. The normalized spacial score (nSPS) is 11.8. The molecule has 0 aliphatic heterocycles. The Labute approximate surface area is 128 Å². The molecule has 0 aliphatic rings. The van der Waals surface area contributed by atoms with Crippen LogP contribution in [0.2, 0.25) is 0 Å². The third-order valence-electron chi connectivity index (χ3n) is 3.54. The average Bonchev–Trinajstić information content (AvgIpc) is 3.04. The Morgan fingerprint density at radius 2 is 1.95 bits per heavy atom. The van der Waals surface area contributed by atoms with Crippen LogP contribution in [0, 0.1) is 6.92 Å². The zero-order valence-electron chi connectivity index (χ0n) is 13.1. The monoisotopic (exact) mass is 298 g/mol. The summed E-state index contributed by atoms with van der Waals surface area (Å²) in [5.41, 5.74) is 1.35. The van der Waals surface area contributed by atoms with Gasteiger partial charge in [-0.15, -0.1) is 0 Å². The SMILES string of the molecule is Cc1c(C(=O)Nc2cc(C(C)(C)C)on2)oc2ccccc12. The van der Waals surface area contributed by atoms with Gasteiger partial charge in [-0.3, -0.25) is 4.79 Å². The lowest BCUT2D eigenvalue weighted by Gasteiger charge is -2.11. The first-order chi connectivity index (χ1) is 10.4. The summed E-state index contributed by atoms with van der Waals surface area (Å²) in [5.74, 6) is 1.06. The molecule has 0 spiro atoms. The van der Waals surface area contributed by atoms with Crippen LogP contribution >= 0.6 is 0 Å². The van der Waals surface area contributed by atoms with Crippen molar-refractivity contribution in [2.45, 2.75) is 33.1 Å². The fourth-order valence-corrected chi connectivity index (χ4v) is 2.25. The minimum absolute atomic E-state index is 0.161. The maximum absolute atomic E-state index is 12.4. The third-order valence-corrected chi connectivity index (χ3v) is 3.54. The Morgan fingerprint density at radius 1 is 1.23 bits per heavy atom. The van der Waals surface area contributed by atoms with E-state index >= 15 is 0 Å². The smallest absolute Gasteiger partial charge is 0.292 e. The van der Waals surface area contributed by atoms with E-state index in [0.717, 1.165) is 10.9 Å². The summed E-state index contributed by atoms with van der Waals surface area (Å²) in [6.45, 7) is 7.91. The zero-order chi connectivity index (χ0) is 15.9. The van der Waals surface area contributed by atoms with E-state index < -0.39 is 0 Å². The van der Waals surface area contributed by atoms with E-state index in [-0.39, 0.29) is 11.3 Å². The molecule has 5 heteroatoms. The zero-order valence-corrected chi connectivity index (χ0v) is 13.1. The summed E-state index contributed by atoms with van der Waals surface area (Å²) in [6.07, 6.45) is 0. The number of benzene rings is 1. The number of rotatable bonds is 2. The van der Waals surface area contributed by atoms with E-state index in [9.17, 15) is 4.79 Å². The fraction of sp³-hybridized carbons (Fsp3) is 0.294. The number of anilines is 1. The van der Waals surface area contributed by atoms with Crippen LogP contribution in [0.5, 0.6) is 0 Å². The maximum Gasteiger partial charge on any atom is 0.292 e. The lowest BCUT2D eigenvalue weighted by Crippen LogP contribution is -2.12. The van der Waals surface area contributed by atoms with Gasteiger partial charge in [-0.25, -0.2) is 0 Å². The van der Waals surface area contributed by atoms with E-state index in [2.05, 4.69) is 10.5 Å². The van der Waals surface area contributed by atoms with Gasteiger partial charge in [0, 0.05) is 22.4 Å². The number of nitrogens with zero attached hydrogens (tertiary/aromatic N) is 1. The van der Waals surface area contributed by atoms with Gasteiger partial charge in [0.1, 0.15) is 11.3 Å². The van der Waals surface area contributed by atoms with Crippen molar-refractivity contribution in [1.29, 1.82) is 0 Å². The van der Waals surface area contributed by atoms with Crippen molar-refractivity contribution in [2.75, 3.05) is 5.32 Å². The van der Waals surface area contributed by atoms with E-state index in [4.69, 9.17) is 8.94 Å². The van der Waals surface area contributed by atoms with Crippen molar-refractivity contribution in [2.24, 2.45) is 0 Å². The molecule has 2 aromatic heterocycles. The summed E-state index contributed by atoms with van der Waals surface area (Å²) in [4.78, 5) is 12.4. The van der Waals surface area contributed by atoms with Crippen molar-refractivity contribution >= 4 is 22.7 Å². The number of fused-ring (bicyclic) bond motifs is 1. The number of hydrogen-bond acceptors (Lipinski definition) is 4. The predicted molar refractivity (Wildman–Crippen MR) is 84.1 cm³/mol. The van der Waals surface area contributed by atoms with Crippen molar-refractivity contribution < 1.29 is 13.7 Å². The minimum atomic E-state index is -0.331. The molecule has 5 nitrogen and oxygen atoms in total. The summed E-state index contributed by atoms with van der Waals surface area (Å²) >= 11 is 0. The van der Waals surface area contributed by atoms with Crippen LogP contribution in [0.4, 0.5) is 5.82 Å². The Morgan fingerprint density at radius 3 is 2.59 bits per heavy atom. The van der Waals surface area contributed by atoms with Crippen molar-refractivity contribution in [1.82, 2.24) is 5.16 Å². The van der Waals surface area contributed by atoms with Crippen molar-refractivity contribution in [3.63, 3.8) is 0 Å². The first-order valence-electron chi connectivity index (χ1n) is 7.13. The number of amides is 1. The molecule has 114 valence electrons. The van der Waals surface area contributed by atoms with Gasteiger partial charge in [0.05, 0.1) is 0 Å². The highest BCUT2D eigenvalue weighted by Crippen LogP contribution is 2.27. The van der Waals surface area contributed by atoms with Crippen LogP contribution in [0.3, 0.4) is 0 Å². The molecular formula is C17H18N2O3. The minimum Gasteiger partial charge on any atom is -0.451 e. The van der Waals surface area contributed by atoms with E-state index in [1.54, 1.807) is 6.07 Å². The molecule has 1 amide bonds. The fourth-order valence-electron chi connectivity index (χ4n) is 2.25. The molecule has 0 saturated heterocycles. The number of aryl methyl sites for hydroxylation is 1. The van der Waals surface area contributed by atoms with Crippen LogP contribution in [0.15, 0.2) is 39.3 Å². The van der Waals surface area contributed by atoms with Gasteiger partial charge in [-0.05, 0) is 13.0 Å². The summed E-state index contributed by atoms with van der Waals surface area (Å²) in [7, 11) is 0. The van der Waals surface area contributed by atoms with Gasteiger partial charge in [-0.2, -0.15) is 0 Å². The van der Waals surface area contributed by atoms with Gasteiger partial charge in [0.15, 0.2) is 11.6 Å². The number of aromatic nitrogens is 1. The average molecular weight is 298 g/mol. The molecule has 0 unspecified atom stereocenters. The van der Waals surface area contributed by atoms with E-state index in [0.29, 0.717) is 22.9 Å². The van der Waals surface area contributed by atoms with Crippen LogP contribution in [-0.2, 0) is 5.41 Å². The number of carbonyl (C=O) groups excluding carboxylic acids is 1. The number of nitrogens with one attached hydrogen (secondary N) is 1. The number of carbonyl (C=O) groups is 1. The van der Waals surface area contributed by atoms with Gasteiger partial charge in [0.2, 0.25) is 0 Å². The predicted octanol–water partition coefficient (Wildman–Crippen LogP) is 4.28. The number of para-hydroxylation sites is 1. The Bertz CT molecular complexity index is 837. The Kier molecular flexibility index (Phi) is 3.28. The molecule has 3 aromatic rings. The molecule has 22 heavy (non-hydrogen) atoms. The second kappa shape index (κ2) is 5.02. The molecule has 0 atom stereocenters. The number of furan rings is 1. The molecule has 1 N–H and O–H groups in total. The summed E-state index contributed by atoms with van der Waals surface area (Å²) in [6, 6.07) is 9.29. The molecule has 3 rings (SSSR count). The summed E-state index contributed by atoms with van der Waals surface area (Å²) < 4.78 is 10.9. The Hall–Kier alpha value is -2.56. The quantitative estimate of drug-likeness (QED) is 0.766. The van der Waals surface area contributed by atoms with Crippen LogP contribution in [-0.4, -0.2) is 11.1 Å².